The molecule has 3 rings (SSSR count). The molecule has 0 atom stereocenters. The Kier molecular flexibility index (Phi) is 4.11. The highest BCUT2D eigenvalue weighted by atomic mass is 16.5. The largest absolute Gasteiger partial charge is 0.470 e. The maximum Gasteiger partial charge on any atom is 0.237 e. The van der Waals surface area contributed by atoms with Gasteiger partial charge in [-0.05, 0) is 18.2 Å². The first-order valence-corrected chi connectivity index (χ1v) is 6.94. The van der Waals surface area contributed by atoms with Crippen LogP contribution in [0.5, 0.6) is 5.88 Å². The van der Waals surface area contributed by atoms with Gasteiger partial charge in [0.1, 0.15) is 6.61 Å². The molecule has 2 aromatic heterocycles. The SMILES string of the molecule is Nc1nccc(COc2ncccc2N2CCNCC2)n1. The average Bonchev–Trinajstić information content (AvgIpc) is 2.54. The van der Waals surface area contributed by atoms with E-state index in [1.54, 1.807) is 18.5 Å². The number of nitrogens with one attached hydrogen (secondary N) is 1. The Labute approximate surface area is 123 Å². The normalized spacial score (nSPS) is 15.0. The van der Waals surface area contributed by atoms with Crippen LogP contribution in [0.1, 0.15) is 5.69 Å². The molecule has 1 aliphatic rings. The van der Waals surface area contributed by atoms with Crippen molar-refractivity contribution in [2.45, 2.75) is 6.61 Å². The molecule has 0 aromatic carbocycles. The number of nitrogens with zero attached hydrogens (tertiary/aromatic N) is 4. The summed E-state index contributed by atoms with van der Waals surface area (Å²) >= 11 is 0. The van der Waals surface area contributed by atoms with Crippen molar-refractivity contribution in [3.8, 4) is 5.88 Å². The summed E-state index contributed by atoms with van der Waals surface area (Å²) in [4.78, 5) is 14.6. The minimum absolute atomic E-state index is 0.249. The summed E-state index contributed by atoms with van der Waals surface area (Å²) < 4.78 is 5.81. The minimum Gasteiger partial charge on any atom is -0.470 e. The van der Waals surface area contributed by atoms with Crippen molar-refractivity contribution < 1.29 is 4.74 Å². The predicted octanol–water partition coefficient (Wildman–Crippen LogP) is 0.442. The number of ether oxygens (including phenoxy) is 1. The van der Waals surface area contributed by atoms with Gasteiger partial charge in [0.05, 0.1) is 11.4 Å². The highest BCUT2D eigenvalue weighted by Gasteiger charge is 2.15. The molecule has 0 bridgehead atoms. The zero-order valence-corrected chi connectivity index (χ0v) is 11.7. The first kappa shape index (κ1) is 13.6. The minimum atomic E-state index is 0.249. The molecule has 7 nitrogen and oxygen atoms in total. The van der Waals surface area contributed by atoms with Crippen LogP contribution in [-0.2, 0) is 6.61 Å². The lowest BCUT2D eigenvalue weighted by Gasteiger charge is -2.30. The summed E-state index contributed by atoms with van der Waals surface area (Å²) in [5.41, 5.74) is 7.32. The van der Waals surface area contributed by atoms with Gasteiger partial charge in [-0.3, -0.25) is 0 Å². The molecule has 0 saturated carbocycles. The maximum absolute atomic E-state index is 5.81. The Bertz CT molecular complexity index is 600. The van der Waals surface area contributed by atoms with E-state index in [-0.39, 0.29) is 5.95 Å². The Morgan fingerprint density at radius 1 is 1.19 bits per heavy atom. The van der Waals surface area contributed by atoms with E-state index in [2.05, 4.69) is 25.2 Å². The molecule has 7 heteroatoms. The van der Waals surface area contributed by atoms with Crippen LogP contribution in [0.4, 0.5) is 11.6 Å². The first-order chi connectivity index (χ1) is 10.3. The highest BCUT2D eigenvalue weighted by Crippen LogP contribution is 2.26. The van der Waals surface area contributed by atoms with E-state index in [0.29, 0.717) is 12.5 Å². The van der Waals surface area contributed by atoms with Crippen LogP contribution in [0.3, 0.4) is 0 Å². The molecule has 3 N–H and O–H groups in total. The Balaban J connectivity index is 1.73. The Hall–Kier alpha value is -2.41. The van der Waals surface area contributed by atoms with Crippen LogP contribution in [0.2, 0.25) is 0 Å². The van der Waals surface area contributed by atoms with Crippen LogP contribution in [0, 0.1) is 0 Å². The zero-order valence-electron chi connectivity index (χ0n) is 11.7. The topological polar surface area (TPSA) is 89.2 Å². The van der Waals surface area contributed by atoms with E-state index in [0.717, 1.165) is 37.6 Å². The van der Waals surface area contributed by atoms with Gasteiger partial charge in [-0.15, -0.1) is 0 Å². The molecule has 1 fully saturated rings. The van der Waals surface area contributed by atoms with E-state index in [1.165, 1.54) is 0 Å². The van der Waals surface area contributed by atoms with Crippen LogP contribution < -0.4 is 20.7 Å². The molecule has 0 unspecified atom stereocenters. The van der Waals surface area contributed by atoms with Crippen molar-refractivity contribution in [1.82, 2.24) is 20.3 Å². The molecule has 0 amide bonds. The quantitative estimate of drug-likeness (QED) is 0.843. The number of aromatic nitrogens is 3. The molecule has 21 heavy (non-hydrogen) atoms. The van der Waals surface area contributed by atoms with Crippen molar-refractivity contribution in [2.24, 2.45) is 0 Å². The van der Waals surface area contributed by atoms with Crippen LogP contribution >= 0.6 is 0 Å². The van der Waals surface area contributed by atoms with Gasteiger partial charge in [-0.25, -0.2) is 15.0 Å². The summed E-state index contributed by atoms with van der Waals surface area (Å²) in [5.74, 6) is 0.871. The van der Waals surface area contributed by atoms with Crippen molar-refractivity contribution >= 4 is 11.6 Å². The van der Waals surface area contributed by atoms with E-state index in [4.69, 9.17) is 10.5 Å². The monoisotopic (exact) mass is 286 g/mol. The number of nitrogens with two attached hydrogens (primary N) is 1. The smallest absolute Gasteiger partial charge is 0.237 e. The van der Waals surface area contributed by atoms with E-state index < -0.39 is 0 Å². The van der Waals surface area contributed by atoms with E-state index >= 15 is 0 Å². The molecule has 1 saturated heterocycles. The lowest BCUT2D eigenvalue weighted by Crippen LogP contribution is -2.43. The fourth-order valence-corrected chi connectivity index (χ4v) is 2.28. The second-order valence-electron chi connectivity index (χ2n) is 4.76. The predicted molar refractivity (Wildman–Crippen MR) is 80.1 cm³/mol. The van der Waals surface area contributed by atoms with Gasteiger partial charge in [-0.1, -0.05) is 0 Å². The van der Waals surface area contributed by atoms with Crippen LogP contribution in [-0.4, -0.2) is 41.1 Å². The van der Waals surface area contributed by atoms with Gasteiger partial charge >= 0.3 is 0 Å². The highest BCUT2D eigenvalue weighted by molar-refractivity contribution is 5.55. The molecular formula is C14H18N6O. The molecule has 3 heterocycles. The van der Waals surface area contributed by atoms with Gasteiger partial charge in [0.2, 0.25) is 11.8 Å². The maximum atomic E-state index is 5.81. The van der Waals surface area contributed by atoms with Crippen LogP contribution in [0.15, 0.2) is 30.6 Å². The molecular weight excluding hydrogens is 268 g/mol. The third kappa shape index (κ3) is 3.38. The van der Waals surface area contributed by atoms with Crippen molar-refractivity contribution in [1.29, 1.82) is 0 Å². The molecule has 0 radical (unpaired) electrons. The number of piperazine rings is 1. The van der Waals surface area contributed by atoms with Gasteiger partial charge < -0.3 is 20.7 Å². The number of rotatable bonds is 4. The van der Waals surface area contributed by atoms with Crippen LogP contribution in [0.25, 0.3) is 0 Å². The van der Waals surface area contributed by atoms with Gasteiger partial charge in [0.15, 0.2) is 0 Å². The second-order valence-corrected chi connectivity index (χ2v) is 4.76. The number of hydrogen-bond acceptors (Lipinski definition) is 7. The standard InChI is InChI=1S/C14H18N6O/c15-14-18-5-3-11(19-14)10-21-13-12(2-1-4-17-13)20-8-6-16-7-9-20/h1-5,16H,6-10H2,(H2,15,18,19). The van der Waals surface area contributed by atoms with Crippen molar-refractivity contribution in [2.75, 3.05) is 36.8 Å². The van der Waals surface area contributed by atoms with E-state index in [1.807, 2.05) is 12.1 Å². The Morgan fingerprint density at radius 2 is 2.05 bits per heavy atom. The third-order valence-electron chi connectivity index (χ3n) is 3.30. The Morgan fingerprint density at radius 3 is 2.86 bits per heavy atom. The fraction of sp³-hybridized carbons (Fsp3) is 0.357. The lowest BCUT2D eigenvalue weighted by molar-refractivity contribution is 0.289. The molecule has 0 aliphatic carbocycles. The van der Waals surface area contributed by atoms with Gasteiger partial charge in [0.25, 0.3) is 0 Å². The van der Waals surface area contributed by atoms with Crippen molar-refractivity contribution in [3.05, 3.63) is 36.3 Å². The van der Waals surface area contributed by atoms with Gasteiger partial charge in [-0.2, -0.15) is 0 Å². The molecule has 2 aromatic rings. The number of hydrogen-bond donors (Lipinski definition) is 2. The van der Waals surface area contributed by atoms with Gasteiger partial charge in [0, 0.05) is 38.6 Å². The second kappa shape index (κ2) is 6.36. The summed E-state index contributed by atoms with van der Waals surface area (Å²) in [6, 6.07) is 5.73. The summed E-state index contributed by atoms with van der Waals surface area (Å²) in [6.07, 6.45) is 3.35. The summed E-state index contributed by atoms with van der Waals surface area (Å²) in [5, 5.41) is 3.33. The average molecular weight is 286 g/mol. The summed E-state index contributed by atoms with van der Waals surface area (Å²) in [7, 11) is 0. The fourth-order valence-electron chi connectivity index (χ4n) is 2.28. The zero-order chi connectivity index (χ0) is 14.5. The number of anilines is 2. The molecule has 1 aliphatic heterocycles. The van der Waals surface area contributed by atoms with Crippen molar-refractivity contribution in [3.63, 3.8) is 0 Å². The number of pyridine rings is 1. The third-order valence-corrected chi connectivity index (χ3v) is 3.30. The number of nitrogen functional groups attached to an aromatic ring is 1. The summed E-state index contributed by atoms with van der Waals surface area (Å²) in [6.45, 7) is 4.15. The first-order valence-electron chi connectivity index (χ1n) is 6.94. The lowest BCUT2D eigenvalue weighted by atomic mass is 10.3. The molecule has 110 valence electrons. The van der Waals surface area contributed by atoms with E-state index in [9.17, 15) is 0 Å². The molecule has 0 spiro atoms.